The van der Waals surface area contributed by atoms with E-state index in [9.17, 15) is 0 Å². The van der Waals surface area contributed by atoms with Crippen LogP contribution in [0.5, 0.6) is 17.2 Å². The Morgan fingerprint density at radius 2 is 2.11 bits per heavy atom. The first-order valence-corrected chi connectivity index (χ1v) is 6.57. The molecule has 0 radical (unpaired) electrons. The van der Waals surface area contributed by atoms with Crippen molar-refractivity contribution in [1.82, 2.24) is 4.98 Å². The number of hydrogen-bond acceptors (Lipinski definition) is 3. The molecule has 0 atom stereocenters. The summed E-state index contributed by atoms with van der Waals surface area (Å²) in [6.07, 6.45) is 3.36. The van der Waals surface area contributed by atoms with Crippen molar-refractivity contribution in [1.29, 1.82) is 0 Å². The zero-order valence-electron chi connectivity index (χ0n) is 9.69. The Labute approximate surface area is 119 Å². The minimum atomic E-state index is 0.358. The van der Waals surface area contributed by atoms with Gasteiger partial charge in [0.2, 0.25) is 0 Å². The second kappa shape index (κ2) is 6.07. The lowest BCUT2D eigenvalue weighted by Gasteiger charge is -2.11. The topological polar surface area (TPSA) is 31.4 Å². The van der Waals surface area contributed by atoms with Gasteiger partial charge in [0.15, 0.2) is 0 Å². The molecule has 0 saturated carbocycles. The Bertz CT molecular complexity index is 548. The average molecular weight is 329 g/mol. The zero-order valence-corrected chi connectivity index (χ0v) is 12.0. The Morgan fingerprint density at radius 1 is 1.28 bits per heavy atom. The molecule has 1 heterocycles. The van der Waals surface area contributed by atoms with Gasteiger partial charge in [-0.25, -0.2) is 0 Å². The highest BCUT2D eigenvalue weighted by Crippen LogP contribution is 2.34. The number of alkyl halides is 1. The monoisotopic (exact) mass is 327 g/mol. The molecule has 2 rings (SSSR count). The number of hydrogen-bond donors (Lipinski definition) is 0. The first-order valence-electron chi connectivity index (χ1n) is 5.25. The smallest absolute Gasteiger partial charge is 0.141 e. The fourth-order valence-electron chi connectivity index (χ4n) is 1.42. The van der Waals surface area contributed by atoms with Crippen LogP contribution in [0, 0.1) is 0 Å². The van der Waals surface area contributed by atoms with Crippen molar-refractivity contribution in [2.24, 2.45) is 0 Å². The molecule has 0 aliphatic carbocycles. The molecule has 18 heavy (non-hydrogen) atoms. The number of halogens is 2. The second-order valence-electron chi connectivity index (χ2n) is 3.52. The van der Waals surface area contributed by atoms with Gasteiger partial charge in [-0.15, -0.1) is 11.6 Å². The molecule has 0 saturated heterocycles. The van der Waals surface area contributed by atoms with Crippen LogP contribution in [0.3, 0.4) is 0 Å². The third kappa shape index (κ3) is 2.94. The van der Waals surface area contributed by atoms with Gasteiger partial charge >= 0.3 is 0 Å². The second-order valence-corrected chi connectivity index (χ2v) is 4.64. The number of nitrogens with zero attached hydrogens (tertiary/aromatic N) is 1. The molecule has 0 fully saturated rings. The van der Waals surface area contributed by atoms with E-state index in [4.69, 9.17) is 21.1 Å². The van der Waals surface area contributed by atoms with Crippen LogP contribution in [-0.4, -0.2) is 12.1 Å². The van der Waals surface area contributed by atoms with Gasteiger partial charge in [-0.3, -0.25) is 4.98 Å². The van der Waals surface area contributed by atoms with Crippen LogP contribution in [0.15, 0.2) is 41.1 Å². The molecule has 1 aromatic carbocycles. The van der Waals surface area contributed by atoms with E-state index in [1.165, 1.54) is 0 Å². The van der Waals surface area contributed by atoms with E-state index in [-0.39, 0.29) is 0 Å². The fourth-order valence-corrected chi connectivity index (χ4v) is 2.06. The molecule has 5 heteroatoms. The standard InChI is InChI=1S/C13H11BrClNO2/c1-17-10-2-3-13(11(14)6-10)18-12-4-5-16-8-9(12)7-15/h2-6,8H,7H2,1H3. The predicted octanol–water partition coefficient (Wildman–Crippen LogP) is 4.38. The van der Waals surface area contributed by atoms with Crippen LogP contribution in [0.2, 0.25) is 0 Å². The molecule has 3 nitrogen and oxygen atoms in total. The lowest BCUT2D eigenvalue weighted by Crippen LogP contribution is -1.92. The summed E-state index contributed by atoms with van der Waals surface area (Å²) >= 11 is 9.27. The van der Waals surface area contributed by atoms with E-state index in [0.717, 1.165) is 15.8 Å². The molecule has 0 amide bonds. The number of methoxy groups -OCH3 is 1. The van der Waals surface area contributed by atoms with Gasteiger partial charge in [0.25, 0.3) is 0 Å². The molecule has 0 aliphatic rings. The quantitative estimate of drug-likeness (QED) is 0.780. The fraction of sp³-hybridized carbons (Fsp3) is 0.154. The van der Waals surface area contributed by atoms with E-state index in [0.29, 0.717) is 17.4 Å². The van der Waals surface area contributed by atoms with Gasteiger partial charge in [-0.05, 0) is 40.2 Å². The van der Waals surface area contributed by atoms with Crippen molar-refractivity contribution in [3.63, 3.8) is 0 Å². The maximum absolute atomic E-state index is 5.83. The first-order chi connectivity index (χ1) is 8.74. The maximum atomic E-state index is 5.83. The van der Waals surface area contributed by atoms with Gasteiger partial charge in [-0.2, -0.15) is 0 Å². The SMILES string of the molecule is COc1ccc(Oc2ccncc2CCl)c(Br)c1. The van der Waals surface area contributed by atoms with Crippen LogP contribution in [0.4, 0.5) is 0 Å². The first kappa shape index (κ1) is 13.2. The van der Waals surface area contributed by atoms with Crippen LogP contribution in [-0.2, 0) is 5.88 Å². The molecular formula is C13H11BrClNO2. The van der Waals surface area contributed by atoms with Gasteiger partial charge in [0, 0.05) is 18.0 Å². The third-order valence-corrected chi connectivity index (χ3v) is 3.27. The van der Waals surface area contributed by atoms with Crippen molar-refractivity contribution < 1.29 is 9.47 Å². The van der Waals surface area contributed by atoms with Crippen LogP contribution >= 0.6 is 27.5 Å². The molecule has 2 aromatic rings. The van der Waals surface area contributed by atoms with E-state index in [1.807, 2.05) is 18.2 Å². The Balaban J connectivity index is 2.28. The van der Waals surface area contributed by atoms with Gasteiger partial charge < -0.3 is 9.47 Å². The van der Waals surface area contributed by atoms with Crippen LogP contribution in [0.25, 0.3) is 0 Å². The van der Waals surface area contributed by atoms with Crippen molar-refractivity contribution in [3.8, 4) is 17.2 Å². The van der Waals surface area contributed by atoms with E-state index >= 15 is 0 Å². The molecule has 0 N–H and O–H groups in total. The van der Waals surface area contributed by atoms with Gasteiger partial charge in [0.05, 0.1) is 17.5 Å². The summed E-state index contributed by atoms with van der Waals surface area (Å²) in [6, 6.07) is 7.30. The summed E-state index contributed by atoms with van der Waals surface area (Å²) in [6.45, 7) is 0. The van der Waals surface area contributed by atoms with Crippen LogP contribution < -0.4 is 9.47 Å². The molecule has 0 unspecified atom stereocenters. The third-order valence-electron chi connectivity index (χ3n) is 2.36. The molecule has 94 valence electrons. The summed E-state index contributed by atoms with van der Waals surface area (Å²) in [5.74, 6) is 2.53. The number of pyridine rings is 1. The van der Waals surface area contributed by atoms with Crippen molar-refractivity contribution in [2.45, 2.75) is 5.88 Å². The summed E-state index contributed by atoms with van der Waals surface area (Å²) in [5.41, 5.74) is 0.849. The normalized spacial score (nSPS) is 10.2. The summed E-state index contributed by atoms with van der Waals surface area (Å²) in [5, 5.41) is 0. The van der Waals surface area contributed by atoms with Gasteiger partial charge in [0.1, 0.15) is 17.2 Å². The minimum absolute atomic E-state index is 0.358. The Hall–Kier alpha value is -1.26. The zero-order chi connectivity index (χ0) is 13.0. The van der Waals surface area contributed by atoms with E-state index in [2.05, 4.69) is 20.9 Å². The van der Waals surface area contributed by atoms with Crippen LogP contribution in [0.1, 0.15) is 5.56 Å². The summed E-state index contributed by atoms with van der Waals surface area (Å²) < 4.78 is 11.8. The van der Waals surface area contributed by atoms with Gasteiger partial charge in [-0.1, -0.05) is 0 Å². The molecule has 1 aromatic heterocycles. The number of ether oxygens (including phenoxy) is 2. The Morgan fingerprint density at radius 3 is 2.78 bits per heavy atom. The molecule has 0 aliphatic heterocycles. The summed E-state index contributed by atoms with van der Waals surface area (Å²) in [4.78, 5) is 4.01. The van der Waals surface area contributed by atoms with E-state index < -0.39 is 0 Å². The highest BCUT2D eigenvalue weighted by molar-refractivity contribution is 9.10. The highest BCUT2D eigenvalue weighted by atomic mass is 79.9. The van der Waals surface area contributed by atoms with Crippen molar-refractivity contribution in [3.05, 3.63) is 46.7 Å². The Kier molecular flexibility index (Phi) is 4.44. The van der Waals surface area contributed by atoms with Crippen molar-refractivity contribution >= 4 is 27.5 Å². The predicted molar refractivity (Wildman–Crippen MR) is 74.6 cm³/mol. The average Bonchev–Trinajstić information content (AvgIpc) is 2.41. The van der Waals surface area contributed by atoms with Crippen molar-refractivity contribution in [2.75, 3.05) is 7.11 Å². The largest absolute Gasteiger partial charge is 0.497 e. The number of benzene rings is 1. The van der Waals surface area contributed by atoms with E-state index in [1.54, 1.807) is 25.6 Å². The summed E-state index contributed by atoms with van der Waals surface area (Å²) in [7, 11) is 1.62. The molecular weight excluding hydrogens is 318 g/mol. The number of aromatic nitrogens is 1. The number of rotatable bonds is 4. The lowest BCUT2D eigenvalue weighted by molar-refractivity contribution is 0.412. The molecule has 0 bridgehead atoms. The lowest BCUT2D eigenvalue weighted by atomic mass is 10.3. The maximum Gasteiger partial charge on any atom is 0.141 e. The highest BCUT2D eigenvalue weighted by Gasteiger charge is 2.07. The molecule has 0 spiro atoms. The minimum Gasteiger partial charge on any atom is -0.497 e.